The minimum absolute atomic E-state index is 0.214. The van der Waals surface area contributed by atoms with E-state index in [9.17, 15) is 0 Å². The lowest BCUT2D eigenvalue weighted by atomic mass is 9.54. The van der Waals surface area contributed by atoms with Crippen molar-refractivity contribution < 1.29 is 14.2 Å². The number of nitrogens with one attached hydrogen (secondary N) is 1. The van der Waals surface area contributed by atoms with Crippen LogP contribution in [0.3, 0.4) is 0 Å². The lowest BCUT2D eigenvalue weighted by molar-refractivity contribution is -0.117. The van der Waals surface area contributed by atoms with Crippen molar-refractivity contribution in [2.24, 2.45) is 22.1 Å². The summed E-state index contributed by atoms with van der Waals surface area (Å²) in [6, 6.07) is 5.86. The molecule has 0 radical (unpaired) electrons. The standard InChI is InChI=1S/C19H27N3O3/c1-23-12-5-6-15(24-2)14(11-12)21-18(20)22-16-13-7-10-25-17(13)19(16)8-3-4-9-19/h5-6,11,13,16-17H,3-4,7-10H2,1-2H3,(H3,20,21,22). The molecule has 3 N–H and O–H groups in total. The molecule has 1 heterocycles. The van der Waals surface area contributed by atoms with Gasteiger partial charge >= 0.3 is 0 Å². The number of ether oxygens (including phenoxy) is 3. The summed E-state index contributed by atoms with van der Waals surface area (Å²) >= 11 is 0. The third-order valence-electron chi connectivity index (χ3n) is 6.18. The Morgan fingerprint density at radius 1 is 1.28 bits per heavy atom. The molecule has 25 heavy (non-hydrogen) atoms. The predicted molar refractivity (Wildman–Crippen MR) is 97.3 cm³/mol. The second kappa shape index (κ2) is 6.41. The lowest BCUT2D eigenvalue weighted by Gasteiger charge is -2.54. The Labute approximate surface area is 148 Å². The molecule has 0 bridgehead atoms. The van der Waals surface area contributed by atoms with Crippen LogP contribution in [-0.2, 0) is 4.74 Å². The number of anilines is 1. The van der Waals surface area contributed by atoms with Crippen molar-refractivity contribution in [1.29, 1.82) is 0 Å². The highest BCUT2D eigenvalue weighted by Crippen LogP contribution is 2.62. The maximum Gasteiger partial charge on any atom is 0.193 e. The first-order chi connectivity index (χ1) is 12.2. The molecule has 3 fully saturated rings. The minimum Gasteiger partial charge on any atom is -0.497 e. The number of nitrogens with two attached hydrogens (primary N) is 1. The van der Waals surface area contributed by atoms with Crippen LogP contribution in [0.2, 0.25) is 0 Å². The van der Waals surface area contributed by atoms with Crippen LogP contribution in [0.15, 0.2) is 23.2 Å². The third-order valence-corrected chi connectivity index (χ3v) is 6.18. The van der Waals surface area contributed by atoms with Gasteiger partial charge < -0.3 is 25.3 Å². The smallest absolute Gasteiger partial charge is 0.193 e. The van der Waals surface area contributed by atoms with Crippen molar-refractivity contribution in [2.45, 2.75) is 44.2 Å². The Hall–Kier alpha value is -1.95. The maximum absolute atomic E-state index is 6.27. The molecule has 4 rings (SSSR count). The van der Waals surface area contributed by atoms with Crippen molar-refractivity contribution in [2.75, 3.05) is 26.1 Å². The summed E-state index contributed by atoms with van der Waals surface area (Å²) in [5.74, 6) is 2.42. The van der Waals surface area contributed by atoms with E-state index in [1.807, 2.05) is 18.2 Å². The van der Waals surface area contributed by atoms with Gasteiger partial charge in [0.2, 0.25) is 0 Å². The number of fused-ring (bicyclic) bond motifs is 2. The number of aliphatic imine (C=N–C) groups is 1. The Bertz CT molecular complexity index is 670. The molecule has 2 saturated carbocycles. The van der Waals surface area contributed by atoms with Crippen molar-refractivity contribution >= 4 is 11.6 Å². The topological polar surface area (TPSA) is 78.1 Å². The zero-order chi connectivity index (χ0) is 17.4. The van der Waals surface area contributed by atoms with E-state index in [2.05, 4.69) is 5.32 Å². The molecule has 1 aromatic rings. The number of methoxy groups -OCH3 is 2. The molecule has 3 unspecified atom stereocenters. The van der Waals surface area contributed by atoms with E-state index in [1.165, 1.54) is 25.7 Å². The van der Waals surface area contributed by atoms with Gasteiger partial charge in [-0.1, -0.05) is 12.8 Å². The number of hydrogen-bond donors (Lipinski definition) is 2. The monoisotopic (exact) mass is 345 g/mol. The number of rotatable bonds is 4. The van der Waals surface area contributed by atoms with Crippen molar-refractivity contribution in [1.82, 2.24) is 0 Å². The van der Waals surface area contributed by atoms with Crippen molar-refractivity contribution in [3.8, 4) is 11.5 Å². The van der Waals surface area contributed by atoms with Gasteiger partial charge in [0, 0.05) is 24.0 Å². The number of benzene rings is 1. The summed E-state index contributed by atoms with van der Waals surface area (Å²) in [5.41, 5.74) is 7.25. The van der Waals surface area contributed by atoms with Crippen LogP contribution in [0, 0.1) is 11.3 Å². The molecule has 0 amide bonds. The fourth-order valence-electron chi connectivity index (χ4n) is 5.07. The third kappa shape index (κ3) is 2.63. The van der Waals surface area contributed by atoms with Crippen LogP contribution >= 0.6 is 0 Å². The highest BCUT2D eigenvalue weighted by molar-refractivity contribution is 5.94. The first-order valence-electron chi connectivity index (χ1n) is 9.12. The van der Waals surface area contributed by atoms with Crippen LogP contribution in [0.25, 0.3) is 0 Å². The molecule has 6 heteroatoms. The molecule has 1 aromatic carbocycles. The molecule has 136 valence electrons. The lowest BCUT2D eigenvalue weighted by Crippen LogP contribution is -2.61. The Morgan fingerprint density at radius 2 is 2.08 bits per heavy atom. The number of hydrogen-bond acceptors (Lipinski definition) is 4. The van der Waals surface area contributed by atoms with Crippen LogP contribution in [-0.4, -0.2) is 38.9 Å². The average molecular weight is 345 g/mol. The first kappa shape index (κ1) is 16.5. The second-order valence-electron chi connectivity index (χ2n) is 7.33. The quantitative estimate of drug-likeness (QED) is 0.648. The van der Waals surface area contributed by atoms with Gasteiger partial charge in [-0.15, -0.1) is 0 Å². The zero-order valence-electron chi connectivity index (χ0n) is 15.0. The SMILES string of the molecule is COc1ccc(OC)c(NC(N)=NC2C3CCOC3C23CCCC3)c1. The minimum atomic E-state index is 0.214. The molecule has 1 spiro atoms. The molecule has 1 aliphatic heterocycles. The van der Waals surface area contributed by atoms with E-state index in [-0.39, 0.29) is 11.5 Å². The molecule has 1 saturated heterocycles. The fraction of sp³-hybridized carbons (Fsp3) is 0.632. The van der Waals surface area contributed by atoms with Gasteiger partial charge in [-0.05, 0) is 31.4 Å². The van der Waals surface area contributed by atoms with Gasteiger partial charge in [-0.2, -0.15) is 0 Å². The average Bonchev–Trinajstić information content (AvgIpc) is 3.28. The van der Waals surface area contributed by atoms with Gasteiger partial charge in [-0.25, -0.2) is 4.99 Å². The van der Waals surface area contributed by atoms with E-state index in [1.54, 1.807) is 14.2 Å². The largest absolute Gasteiger partial charge is 0.497 e. The predicted octanol–water partition coefficient (Wildman–Crippen LogP) is 2.78. The van der Waals surface area contributed by atoms with E-state index >= 15 is 0 Å². The molecule has 2 aliphatic carbocycles. The van der Waals surface area contributed by atoms with Crippen LogP contribution < -0.4 is 20.5 Å². The molecular formula is C19H27N3O3. The van der Waals surface area contributed by atoms with E-state index in [4.69, 9.17) is 24.9 Å². The van der Waals surface area contributed by atoms with Crippen molar-refractivity contribution in [3.05, 3.63) is 18.2 Å². The van der Waals surface area contributed by atoms with Crippen LogP contribution in [0.5, 0.6) is 11.5 Å². The summed E-state index contributed by atoms with van der Waals surface area (Å²) in [6.07, 6.45) is 6.44. The van der Waals surface area contributed by atoms with Gasteiger partial charge in [0.15, 0.2) is 5.96 Å². The number of nitrogens with zero attached hydrogens (tertiary/aromatic N) is 1. The van der Waals surface area contributed by atoms with Crippen molar-refractivity contribution in [3.63, 3.8) is 0 Å². The van der Waals surface area contributed by atoms with E-state index in [0.29, 0.717) is 23.7 Å². The van der Waals surface area contributed by atoms with Gasteiger partial charge in [0.1, 0.15) is 11.5 Å². The molecule has 3 aliphatic rings. The Kier molecular flexibility index (Phi) is 4.23. The summed E-state index contributed by atoms with van der Waals surface area (Å²) in [5, 5.41) is 3.20. The van der Waals surface area contributed by atoms with E-state index in [0.717, 1.165) is 24.5 Å². The maximum atomic E-state index is 6.27. The fourth-order valence-corrected chi connectivity index (χ4v) is 5.07. The summed E-state index contributed by atoms with van der Waals surface area (Å²) in [6.45, 7) is 0.861. The molecular weight excluding hydrogens is 318 g/mol. The Balaban J connectivity index is 1.55. The highest BCUT2D eigenvalue weighted by Gasteiger charge is 2.65. The zero-order valence-corrected chi connectivity index (χ0v) is 15.0. The van der Waals surface area contributed by atoms with Gasteiger partial charge in [-0.3, -0.25) is 0 Å². The summed E-state index contributed by atoms with van der Waals surface area (Å²) in [4.78, 5) is 4.89. The Morgan fingerprint density at radius 3 is 2.80 bits per heavy atom. The summed E-state index contributed by atoms with van der Waals surface area (Å²) in [7, 11) is 3.28. The highest BCUT2D eigenvalue weighted by atomic mass is 16.5. The van der Waals surface area contributed by atoms with Gasteiger partial charge in [0.25, 0.3) is 0 Å². The van der Waals surface area contributed by atoms with E-state index < -0.39 is 0 Å². The van der Waals surface area contributed by atoms with Crippen LogP contribution in [0.1, 0.15) is 32.1 Å². The second-order valence-corrected chi connectivity index (χ2v) is 7.33. The first-order valence-corrected chi connectivity index (χ1v) is 9.12. The molecule has 0 aromatic heterocycles. The summed E-state index contributed by atoms with van der Waals surface area (Å²) < 4.78 is 16.7. The number of guanidine groups is 1. The molecule has 6 nitrogen and oxygen atoms in total. The molecule has 3 atom stereocenters. The van der Waals surface area contributed by atoms with Crippen LogP contribution in [0.4, 0.5) is 5.69 Å². The normalized spacial score (nSPS) is 30.0. The van der Waals surface area contributed by atoms with Gasteiger partial charge in [0.05, 0.1) is 32.1 Å².